The molecule has 0 bridgehead atoms. The molecule has 5 nitrogen and oxygen atoms in total. The molecule has 0 radical (unpaired) electrons. The first-order chi connectivity index (χ1) is 8.54. The van der Waals surface area contributed by atoms with E-state index in [-0.39, 0.29) is 16.5 Å². The van der Waals surface area contributed by atoms with Gasteiger partial charge in [0.2, 0.25) is 0 Å². The molecule has 0 amide bonds. The van der Waals surface area contributed by atoms with E-state index in [0.29, 0.717) is 6.54 Å². The fourth-order valence-corrected chi connectivity index (χ4v) is 1.48. The lowest BCUT2D eigenvalue weighted by molar-refractivity contribution is -0.384. The van der Waals surface area contributed by atoms with E-state index in [1.54, 1.807) is 0 Å². The number of nitrogens with one attached hydrogen (secondary N) is 2. The number of non-ortho nitro benzene ring substituents is 1. The number of nitro groups is 1. The molecule has 98 valence electrons. The number of nitro benzene ring substituents is 1. The summed E-state index contributed by atoms with van der Waals surface area (Å²) >= 11 is 4.96. The lowest BCUT2D eigenvalue weighted by Gasteiger charge is -2.10. The molecule has 1 aromatic rings. The van der Waals surface area contributed by atoms with Gasteiger partial charge < -0.3 is 10.6 Å². The second kappa shape index (κ2) is 6.85. The Morgan fingerprint density at radius 2 is 2.28 bits per heavy atom. The van der Waals surface area contributed by atoms with Crippen LogP contribution < -0.4 is 10.6 Å². The highest BCUT2D eigenvalue weighted by Gasteiger charge is 2.11. The normalized spacial score (nSPS) is 9.89. The van der Waals surface area contributed by atoms with Crippen molar-refractivity contribution >= 4 is 28.7 Å². The number of benzene rings is 1. The molecule has 0 aliphatic heterocycles. The minimum Gasteiger partial charge on any atom is -0.362 e. The van der Waals surface area contributed by atoms with Crippen LogP contribution in [0.15, 0.2) is 18.2 Å². The summed E-state index contributed by atoms with van der Waals surface area (Å²) in [5.41, 5.74) is -0.187. The predicted molar refractivity (Wildman–Crippen MR) is 72.2 cm³/mol. The minimum atomic E-state index is -0.585. The van der Waals surface area contributed by atoms with E-state index in [2.05, 4.69) is 10.6 Å². The van der Waals surface area contributed by atoms with E-state index in [9.17, 15) is 14.5 Å². The quantitative estimate of drug-likeness (QED) is 0.373. The lowest BCUT2D eigenvalue weighted by atomic mass is 10.2. The Labute approximate surface area is 110 Å². The third kappa shape index (κ3) is 4.25. The summed E-state index contributed by atoms with van der Waals surface area (Å²) in [6.45, 7) is 2.72. The maximum absolute atomic E-state index is 13.4. The third-order valence-corrected chi connectivity index (χ3v) is 2.47. The highest BCUT2D eigenvalue weighted by atomic mass is 32.1. The molecule has 2 N–H and O–H groups in total. The molecule has 18 heavy (non-hydrogen) atoms. The molecule has 0 saturated carbocycles. The van der Waals surface area contributed by atoms with Crippen LogP contribution in [0.1, 0.15) is 19.8 Å². The second-order valence-corrected chi connectivity index (χ2v) is 4.06. The van der Waals surface area contributed by atoms with E-state index < -0.39 is 10.7 Å². The van der Waals surface area contributed by atoms with Crippen molar-refractivity contribution < 1.29 is 9.31 Å². The largest absolute Gasteiger partial charge is 0.362 e. The molecule has 0 saturated heterocycles. The monoisotopic (exact) mass is 271 g/mol. The van der Waals surface area contributed by atoms with Crippen molar-refractivity contribution in [3.05, 3.63) is 34.1 Å². The van der Waals surface area contributed by atoms with Gasteiger partial charge in [-0.1, -0.05) is 13.3 Å². The molecule has 1 aromatic carbocycles. The molecular formula is C11H14FN3O2S. The fraction of sp³-hybridized carbons (Fsp3) is 0.364. The molecule has 7 heteroatoms. The van der Waals surface area contributed by atoms with E-state index >= 15 is 0 Å². The van der Waals surface area contributed by atoms with E-state index in [1.807, 2.05) is 6.92 Å². The molecule has 0 unspecified atom stereocenters. The highest BCUT2D eigenvalue weighted by Crippen LogP contribution is 2.20. The number of hydrogen-bond donors (Lipinski definition) is 2. The maximum Gasteiger partial charge on any atom is 0.271 e. The van der Waals surface area contributed by atoms with E-state index in [0.717, 1.165) is 31.0 Å². The second-order valence-electron chi connectivity index (χ2n) is 3.66. The summed E-state index contributed by atoms with van der Waals surface area (Å²) in [4.78, 5) is 9.98. The van der Waals surface area contributed by atoms with Gasteiger partial charge in [-0.25, -0.2) is 4.39 Å². The summed E-state index contributed by atoms with van der Waals surface area (Å²) in [7, 11) is 0. The van der Waals surface area contributed by atoms with Gasteiger partial charge in [0.15, 0.2) is 5.11 Å². The predicted octanol–water partition coefficient (Wildman–Crippen LogP) is 2.82. The van der Waals surface area contributed by atoms with Gasteiger partial charge in [0.1, 0.15) is 5.82 Å². The molecule has 0 fully saturated rings. The van der Waals surface area contributed by atoms with Crippen molar-refractivity contribution in [1.82, 2.24) is 5.32 Å². The SMILES string of the molecule is CCCCNC(=S)Nc1cc([N+](=O)[O-])ccc1F. The molecular weight excluding hydrogens is 257 g/mol. The number of halogens is 1. The molecule has 0 aliphatic rings. The minimum absolute atomic E-state index is 0.00167. The van der Waals surface area contributed by atoms with Crippen molar-refractivity contribution in [2.24, 2.45) is 0 Å². The Morgan fingerprint density at radius 1 is 1.56 bits per heavy atom. The van der Waals surface area contributed by atoms with Crippen LogP contribution in [0.5, 0.6) is 0 Å². The average molecular weight is 271 g/mol. The van der Waals surface area contributed by atoms with Crippen LogP contribution in [-0.4, -0.2) is 16.6 Å². The van der Waals surface area contributed by atoms with Gasteiger partial charge >= 0.3 is 0 Å². The van der Waals surface area contributed by atoms with Gasteiger partial charge in [0.25, 0.3) is 5.69 Å². The number of unbranched alkanes of at least 4 members (excludes halogenated alkanes) is 1. The number of anilines is 1. The Morgan fingerprint density at radius 3 is 2.89 bits per heavy atom. The zero-order chi connectivity index (χ0) is 13.5. The van der Waals surface area contributed by atoms with Gasteiger partial charge in [-0.2, -0.15) is 0 Å². The first-order valence-electron chi connectivity index (χ1n) is 5.53. The Balaban J connectivity index is 2.68. The molecule has 0 heterocycles. The number of hydrogen-bond acceptors (Lipinski definition) is 3. The van der Waals surface area contributed by atoms with Crippen LogP contribution >= 0.6 is 12.2 Å². The lowest BCUT2D eigenvalue weighted by Crippen LogP contribution is -2.29. The summed E-state index contributed by atoms with van der Waals surface area (Å²) in [5.74, 6) is -0.583. The van der Waals surface area contributed by atoms with Gasteiger partial charge in [-0.15, -0.1) is 0 Å². The van der Waals surface area contributed by atoms with E-state index in [4.69, 9.17) is 12.2 Å². The van der Waals surface area contributed by atoms with Crippen LogP contribution in [-0.2, 0) is 0 Å². The van der Waals surface area contributed by atoms with Gasteiger partial charge in [0, 0.05) is 18.7 Å². The van der Waals surface area contributed by atoms with Crippen molar-refractivity contribution in [3.63, 3.8) is 0 Å². The summed E-state index contributed by atoms with van der Waals surface area (Å²) < 4.78 is 13.4. The average Bonchev–Trinajstić information content (AvgIpc) is 2.32. The van der Waals surface area contributed by atoms with Crippen LogP contribution in [0.25, 0.3) is 0 Å². The first-order valence-corrected chi connectivity index (χ1v) is 5.94. The standard InChI is InChI=1S/C11H14FN3O2S/c1-2-3-6-13-11(18)14-10-7-8(15(16)17)4-5-9(10)12/h4-5,7H,2-3,6H2,1H3,(H2,13,14,18). The Kier molecular flexibility index (Phi) is 5.44. The van der Waals surface area contributed by atoms with Crippen LogP contribution in [0.2, 0.25) is 0 Å². The van der Waals surface area contributed by atoms with Crippen molar-refractivity contribution in [3.8, 4) is 0 Å². The first kappa shape index (κ1) is 14.3. The number of nitrogens with zero attached hydrogens (tertiary/aromatic N) is 1. The van der Waals surface area contributed by atoms with Crippen molar-refractivity contribution in [2.75, 3.05) is 11.9 Å². The highest BCUT2D eigenvalue weighted by molar-refractivity contribution is 7.80. The summed E-state index contributed by atoms with van der Waals surface area (Å²) in [6.07, 6.45) is 1.96. The van der Waals surface area contributed by atoms with Crippen molar-refractivity contribution in [2.45, 2.75) is 19.8 Å². The van der Waals surface area contributed by atoms with Gasteiger partial charge in [-0.05, 0) is 24.7 Å². The van der Waals surface area contributed by atoms with Crippen LogP contribution in [0.4, 0.5) is 15.8 Å². The van der Waals surface area contributed by atoms with Crippen molar-refractivity contribution in [1.29, 1.82) is 0 Å². The van der Waals surface area contributed by atoms with Crippen LogP contribution in [0.3, 0.4) is 0 Å². The number of rotatable bonds is 5. The topological polar surface area (TPSA) is 67.2 Å². The zero-order valence-corrected chi connectivity index (χ0v) is 10.7. The zero-order valence-electron chi connectivity index (χ0n) is 9.90. The van der Waals surface area contributed by atoms with Gasteiger partial charge in [0.05, 0.1) is 10.6 Å². The molecule has 0 atom stereocenters. The summed E-state index contributed by atoms with van der Waals surface area (Å²) in [6, 6.07) is 3.26. The third-order valence-electron chi connectivity index (χ3n) is 2.22. The smallest absolute Gasteiger partial charge is 0.271 e. The maximum atomic E-state index is 13.4. The molecule has 0 aliphatic carbocycles. The van der Waals surface area contributed by atoms with Gasteiger partial charge in [-0.3, -0.25) is 10.1 Å². The fourth-order valence-electron chi connectivity index (χ4n) is 1.27. The van der Waals surface area contributed by atoms with Crippen LogP contribution in [0, 0.1) is 15.9 Å². The molecule has 0 aromatic heterocycles. The molecule has 0 spiro atoms. The molecule has 1 rings (SSSR count). The number of thiocarbonyl (C=S) groups is 1. The Hall–Kier alpha value is -1.76. The summed E-state index contributed by atoms with van der Waals surface area (Å²) in [5, 5.41) is 16.3. The Bertz CT molecular complexity index is 454. The van der Waals surface area contributed by atoms with E-state index in [1.165, 1.54) is 0 Å².